The average Bonchev–Trinajstić information content (AvgIpc) is 2.56. The van der Waals surface area contributed by atoms with Gasteiger partial charge in [0, 0.05) is 25.1 Å². The maximum Gasteiger partial charge on any atom is 0.416 e. The van der Waals surface area contributed by atoms with Gasteiger partial charge in [0.25, 0.3) is 11.8 Å². The minimum atomic E-state index is -4.72. The van der Waals surface area contributed by atoms with E-state index in [1.54, 1.807) is 0 Å². The number of carboxylic acid groups (broad SMARTS) is 1. The highest BCUT2D eigenvalue weighted by molar-refractivity contribution is 6.19. The van der Waals surface area contributed by atoms with Gasteiger partial charge in [0.1, 0.15) is 23.7 Å². The molecule has 2 rings (SSSR count). The Bertz CT molecular complexity index is 820. The molecular weight excluding hydrogens is 376 g/mol. The highest BCUT2D eigenvalue weighted by atomic mass is 19.4. The first-order valence-electron chi connectivity index (χ1n) is 7.57. The Hall–Kier alpha value is -3.11. The van der Waals surface area contributed by atoms with Gasteiger partial charge in [-0.05, 0) is 12.1 Å². The summed E-state index contributed by atoms with van der Waals surface area (Å²) in [4.78, 5) is 35.7. The molecule has 1 heterocycles. The number of rotatable bonds is 5. The van der Waals surface area contributed by atoms with Crippen molar-refractivity contribution in [1.82, 2.24) is 10.2 Å². The van der Waals surface area contributed by atoms with E-state index in [-0.39, 0.29) is 18.5 Å². The summed E-state index contributed by atoms with van der Waals surface area (Å²) in [5.41, 5.74) is -2.07. The molecule has 27 heavy (non-hydrogen) atoms. The molecule has 7 nitrogen and oxygen atoms in total. The number of nitrogens with one attached hydrogen (secondary N) is 1. The quantitative estimate of drug-likeness (QED) is 0.523. The monoisotopic (exact) mass is 390 g/mol. The molecule has 0 aliphatic carbocycles. The zero-order chi connectivity index (χ0) is 20.4. The molecule has 0 atom stereocenters. The number of nitrogens with zero attached hydrogens (tertiary/aromatic N) is 1. The summed E-state index contributed by atoms with van der Waals surface area (Å²) < 4.78 is 51.7. The summed E-state index contributed by atoms with van der Waals surface area (Å²) in [6, 6.07) is 1.85. The van der Waals surface area contributed by atoms with Crippen molar-refractivity contribution in [3.8, 4) is 0 Å². The molecule has 0 radical (unpaired) electrons. The van der Waals surface area contributed by atoms with Crippen LogP contribution in [0.3, 0.4) is 0 Å². The van der Waals surface area contributed by atoms with Crippen LogP contribution in [0.2, 0.25) is 0 Å². The number of carbonyl (C=O) groups excluding carboxylic acids is 2. The SMILES string of the molecule is O=C(O)CNC(=O)C1=C(O)CCN(Cc2ccc(C(F)(F)F)cc2F)C1=O. The van der Waals surface area contributed by atoms with Gasteiger partial charge in [0.2, 0.25) is 0 Å². The van der Waals surface area contributed by atoms with Gasteiger partial charge in [0.15, 0.2) is 0 Å². The topological polar surface area (TPSA) is 107 Å². The van der Waals surface area contributed by atoms with Crippen LogP contribution in [0, 0.1) is 5.82 Å². The van der Waals surface area contributed by atoms with Crippen LogP contribution < -0.4 is 5.32 Å². The molecule has 0 saturated heterocycles. The lowest BCUT2D eigenvalue weighted by Crippen LogP contribution is -2.43. The highest BCUT2D eigenvalue weighted by Gasteiger charge is 2.34. The Morgan fingerprint density at radius 1 is 1.26 bits per heavy atom. The van der Waals surface area contributed by atoms with Gasteiger partial charge < -0.3 is 20.4 Å². The first-order valence-corrected chi connectivity index (χ1v) is 7.57. The number of hydrogen-bond acceptors (Lipinski definition) is 4. The van der Waals surface area contributed by atoms with E-state index >= 15 is 0 Å². The van der Waals surface area contributed by atoms with Gasteiger partial charge in [0.05, 0.1) is 5.56 Å². The van der Waals surface area contributed by atoms with Gasteiger partial charge in [-0.15, -0.1) is 0 Å². The smallest absolute Gasteiger partial charge is 0.416 e. The summed E-state index contributed by atoms with van der Waals surface area (Å²) in [5, 5.41) is 20.2. The third kappa shape index (κ3) is 4.74. The van der Waals surface area contributed by atoms with Crippen molar-refractivity contribution in [2.45, 2.75) is 19.1 Å². The fraction of sp³-hybridized carbons (Fsp3) is 0.312. The molecule has 0 unspecified atom stereocenters. The molecule has 0 aromatic heterocycles. The maximum absolute atomic E-state index is 14.0. The third-order valence-electron chi connectivity index (χ3n) is 3.78. The summed E-state index contributed by atoms with van der Waals surface area (Å²) >= 11 is 0. The van der Waals surface area contributed by atoms with E-state index < -0.39 is 59.8 Å². The number of benzene rings is 1. The lowest BCUT2D eigenvalue weighted by molar-refractivity contribution is -0.138. The van der Waals surface area contributed by atoms with Crippen molar-refractivity contribution in [3.63, 3.8) is 0 Å². The van der Waals surface area contributed by atoms with Gasteiger partial charge in [-0.3, -0.25) is 14.4 Å². The molecule has 2 amide bonds. The van der Waals surface area contributed by atoms with Crippen LogP contribution in [-0.4, -0.2) is 46.0 Å². The van der Waals surface area contributed by atoms with Crippen molar-refractivity contribution in [3.05, 3.63) is 46.5 Å². The molecule has 0 fully saturated rings. The van der Waals surface area contributed by atoms with Crippen LogP contribution >= 0.6 is 0 Å². The highest BCUT2D eigenvalue weighted by Crippen LogP contribution is 2.30. The molecule has 3 N–H and O–H groups in total. The summed E-state index contributed by atoms with van der Waals surface area (Å²) in [6.07, 6.45) is -4.87. The Balaban J connectivity index is 2.18. The van der Waals surface area contributed by atoms with Crippen LogP contribution in [0.1, 0.15) is 17.5 Å². The number of carbonyl (C=O) groups is 3. The number of amides is 2. The number of carboxylic acids is 1. The second-order valence-corrected chi connectivity index (χ2v) is 5.68. The van der Waals surface area contributed by atoms with Gasteiger partial charge >= 0.3 is 12.1 Å². The summed E-state index contributed by atoms with van der Waals surface area (Å²) in [5.74, 6) is -5.19. The second-order valence-electron chi connectivity index (χ2n) is 5.68. The molecule has 1 aromatic rings. The molecule has 146 valence electrons. The normalized spacial score (nSPS) is 15.1. The van der Waals surface area contributed by atoms with Crippen molar-refractivity contribution in [1.29, 1.82) is 0 Å². The van der Waals surface area contributed by atoms with Crippen LogP contribution in [0.25, 0.3) is 0 Å². The van der Waals surface area contributed by atoms with E-state index in [2.05, 4.69) is 0 Å². The molecule has 1 aliphatic rings. The number of halogens is 4. The van der Waals surface area contributed by atoms with E-state index in [1.165, 1.54) is 0 Å². The lowest BCUT2D eigenvalue weighted by Gasteiger charge is -2.28. The van der Waals surface area contributed by atoms with E-state index in [1.807, 2.05) is 5.32 Å². The number of aliphatic hydroxyl groups excluding tert-OH is 1. The van der Waals surface area contributed by atoms with Crippen molar-refractivity contribution < 1.29 is 42.2 Å². The Kier molecular flexibility index (Phi) is 5.72. The molecule has 0 spiro atoms. The molecule has 11 heteroatoms. The Morgan fingerprint density at radius 3 is 2.48 bits per heavy atom. The maximum atomic E-state index is 14.0. The van der Waals surface area contributed by atoms with Crippen LogP contribution in [0.15, 0.2) is 29.5 Å². The fourth-order valence-electron chi connectivity index (χ4n) is 2.43. The number of aliphatic hydroxyl groups is 1. The first-order chi connectivity index (χ1) is 12.5. The van der Waals surface area contributed by atoms with E-state index in [4.69, 9.17) is 5.11 Å². The second kappa shape index (κ2) is 7.64. The predicted molar refractivity (Wildman–Crippen MR) is 81.7 cm³/mol. The van der Waals surface area contributed by atoms with Gasteiger partial charge in [-0.1, -0.05) is 6.07 Å². The van der Waals surface area contributed by atoms with E-state index in [9.17, 15) is 37.1 Å². The van der Waals surface area contributed by atoms with E-state index in [0.29, 0.717) is 12.1 Å². The predicted octanol–water partition coefficient (Wildman–Crippen LogP) is 1.59. The number of alkyl halides is 3. The molecule has 0 saturated carbocycles. The van der Waals surface area contributed by atoms with Crippen molar-refractivity contribution in [2.75, 3.05) is 13.1 Å². The third-order valence-corrected chi connectivity index (χ3v) is 3.78. The lowest BCUT2D eigenvalue weighted by atomic mass is 10.0. The van der Waals surface area contributed by atoms with Gasteiger partial charge in [-0.2, -0.15) is 13.2 Å². The molecular formula is C16H14F4N2O5. The number of hydrogen-bond donors (Lipinski definition) is 3. The Labute approximate surface area is 149 Å². The standard InChI is InChI=1S/C16H14F4N2O5/c17-10-5-9(16(18,19)20)2-1-8(10)7-22-4-3-11(23)13(15(22)27)14(26)21-6-12(24)25/h1-2,5,23H,3-4,6-7H2,(H,21,26)(H,24,25). The first kappa shape index (κ1) is 20.2. The zero-order valence-electron chi connectivity index (χ0n) is 13.6. The molecule has 0 bridgehead atoms. The number of aliphatic carboxylic acids is 1. The van der Waals surface area contributed by atoms with Crippen LogP contribution in [0.4, 0.5) is 17.6 Å². The minimum Gasteiger partial charge on any atom is -0.511 e. The largest absolute Gasteiger partial charge is 0.511 e. The zero-order valence-corrected chi connectivity index (χ0v) is 13.6. The van der Waals surface area contributed by atoms with Crippen molar-refractivity contribution in [2.24, 2.45) is 0 Å². The summed E-state index contributed by atoms with van der Waals surface area (Å²) in [6.45, 7) is -1.30. The average molecular weight is 390 g/mol. The van der Waals surface area contributed by atoms with Crippen molar-refractivity contribution >= 4 is 17.8 Å². The summed E-state index contributed by atoms with van der Waals surface area (Å²) in [7, 11) is 0. The molecule has 1 aliphatic heterocycles. The van der Waals surface area contributed by atoms with Gasteiger partial charge in [-0.25, -0.2) is 4.39 Å². The molecule has 1 aromatic carbocycles. The Morgan fingerprint density at radius 2 is 1.93 bits per heavy atom. The van der Waals surface area contributed by atoms with Crippen LogP contribution in [-0.2, 0) is 27.1 Å². The fourth-order valence-corrected chi connectivity index (χ4v) is 2.43. The minimum absolute atomic E-state index is 0.0964. The van der Waals surface area contributed by atoms with E-state index in [0.717, 1.165) is 11.0 Å². The van der Waals surface area contributed by atoms with Crippen LogP contribution in [0.5, 0.6) is 0 Å².